The first-order chi connectivity index (χ1) is 14.1. The van der Waals surface area contributed by atoms with Crippen LogP contribution >= 0.6 is 0 Å². The van der Waals surface area contributed by atoms with Gasteiger partial charge >= 0.3 is 174 Å². The molecule has 5 nitrogen and oxygen atoms in total. The van der Waals surface area contributed by atoms with E-state index in [4.69, 9.17) is 4.74 Å². The summed E-state index contributed by atoms with van der Waals surface area (Å²) >= 11 is -0.159. The molecule has 0 bridgehead atoms. The summed E-state index contributed by atoms with van der Waals surface area (Å²) in [6.07, 6.45) is 0. The van der Waals surface area contributed by atoms with Gasteiger partial charge < -0.3 is 0 Å². The van der Waals surface area contributed by atoms with Gasteiger partial charge in [-0.25, -0.2) is 0 Å². The average molecular weight is 452 g/mol. The second kappa shape index (κ2) is 8.11. The minimum atomic E-state index is -0.462. The molecule has 0 aliphatic carbocycles. The van der Waals surface area contributed by atoms with Gasteiger partial charge in [-0.1, -0.05) is 0 Å². The number of benzene rings is 3. The van der Waals surface area contributed by atoms with Crippen LogP contribution in [0.3, 0.4) is 0 Å². The van der Waals surface area contributed by atoms with Gasteiger partial charge in [0.2, 0.25) is 0 Å². The Labute approximate surface area is 174 Å². The summed E-state index contributed by atoms with van der Waals surface area (Å²) in [5, 5.41) is 0.622. The monoisotopic (exact) mass is 453 g/mol. The van der Waals surface area contributed by atoms with Crippen LogP contribution in [-0.4, -0.2) is 38.0 Å². The van der Waals surface area contributed by atoms with Crippen LogP contribution in [0.15, 0.2) is 71.5 Å². The number of esters is 1. The molecule has 0 atom stereocenters. The van der Waals surface area contributed by atoms with E-state index in [1.807, 2.05) is 40.0 Å². The van der Waals surface area contributed by atoms with Crippen molar-refractivity contribution in [2.45, 2.75) is 6.92 Å². The van der Waals surface area contributed by atoms with Gasteiger partial charge in [0.05, 0.1) is 0 Å². The van der Waals surface area contributed by atoms with Gasteiger partial charge in [-0.3, -0.25) is 0 Å². The molecule has 1 aromatic heterocycles. The van der Waals surface area contributed by atoms with Gasteiger partial charge in [0, 0.05) is 0 Å². The fourth-order valence-corrected chi connectivity index (χ4v) is 5.43. The number of fused-ring (bicyclic) bond motifs is 1. The van der Waals surface area contributed by atoms with Crippen molar-refractivity contribution in [1.29, 1.82) is 0 Å². The van der Waals surface area contributed by atoms with Gasteiger partial charge in [0.1, 0.15) is 0 Å². The third-order valence-corrected chi connectivity index (χ3v) is 7.05. The van der Waals surface area contributed by atoms with Crippen molar-refractivity contribution >= 4 is 30.3 Å². The van der Waals surface area contributed by atoms with Crippen molar-refractivity contribution in [3.8, 4) is 22.6 Å². The fraction of sp³-hybridized carbons (Fsp3) is 0.130. The van der Waals surface area contributed by atoms with E-state index in [0.717, 1.165) is 26.6 Å². The van der Waals surface area contributed by atoms with Crippen molar-refractivity contribution in [3.05, 3.63) is 82.6 Å². The van der Waals surface area contributed by atoms with Crippen LogP contribution in [0.25, 0.3) is 26.5 Å². The van der Waals surface area contributed by atoms with E-state index in [0.29, 0.717) is 11.1 Å². The summed E-state index contributed by atoms with van der Waals surface area (Å²) in [6, 6.07) is 21.6. The topological polar surface area (TPSA) is 57.5 Å². The Hall–Kier alpha value is -3.08. The summed E-state index contributed by atoms with van der Waals surface area (Å²) in [4.78, 5) is 24.4. The molecule has 0 fully saturated rings. The molecule has 0 spiro atoms. The van der Waals surface area contributed by atoms with Gasteiger partial charge in [-0.2, -0.15) is 0 Å². The first kappa shape index (κ1) is 19.2. The van der Waals surface area contributed by atoms with E-state index in [1.165, 1.54) is 7.11 Å². The molecule has 4 rings (SSSR count). The molecule has 3 aromatic carbocycles. The first-order valence-electron chi connectivity index (χ1n) is 9.09. The molecule has 1 heterocycles. The number of rotatable bonds is 5. The van der Waals surface area contributed by atoms with E-state index in [2.05, 4.69) is 29.9 Å². The quantitative estimate of drug-likeness (QED) is 0.343. The van der Waals surface area contributed by atoms with Gasteiger partial charge in [-0.05, 0) is 0 Å². The molecule has 0 saturated carbocycles. The fourth-order valence-electron chi connectivity index (χ4n) is 3.23. The van der Waals surface area contributed by atoms with Crippen molar-refractivity contribution in [1.82, 2.24) is 3.56 Å². The summed E-state index contributed by atoms with van der Waals surface area (Å²) < 4.78 is 12.9. The second-order valence-corrected chi connectivity index (χ2v) is 8.60. The standard InChI is InChI=1S/C23H19NO4Se/c1-15-18(16-7-4-3-5-8-16)9-6-10-20(15)24-23(26)19-13-17(11-12-21(19)29-24)28-14-22(25)27-2/h3-13H,14H2,1-2H3. The number of hydrogen-bond acceptors (Lipinski definition) is 4. The number of nitrogens with zero attached hydrogens (tertiary/aromatic N) is 1. The zero-order valence-electron chi connectivity index (χ0n) is 16.0. The molecule has 6 heteroatoms. The molecule has 0 aliphatic heterocycles. The number of hydrogen-bond donors (Lipinski definition) is 0. The molecule has 146 valence electrons. The Morgan fingerprint density at radius 3 is 2.59 bits per heavy atom. The van der Waals surface area contributed by atoms with Crippen LogP contribution in [0, 0.1) is 6.92 Å². The van der Waals surface area contributed by atoms with E-state index in [9.17, 15) is 9.59 Å². The Morgan fingerprint density at radius 2 is 1.83 bits per heavy atom. The third kappa shape index (κ3) is 3.77. The Bertz CT molecular complexity index is 1240. The van der Waals surface area contributed by atoms with Crippen molar-refractivity contribution in [2.24, 2.45) is 0 Å². The van der Waals surface area contributed by atoms with Crippen LogP contribution in [0.5, 0.6) is 5.75 Å². The number of ether oxygens (including phenoxy) is 2. The van der Waals surface area contributed by atoms with E-state index in [-0.39, 0.29) is 26.9 Å². The summed E-state index contributed by atoms with van der Waals surface area (Å²) in [7, 11) is 1.31. The number of carbonyl (C=O) groups excluding carboxylic acids is 1. The van der Waals surface area contributed by atoms with Crippen LogP contribution in [0.1, 0.15) is 5.56 Å². The molecule has 0 unspecified atom stereocenters. The van der Waals surface area contributed by atoms with E-state index in [1.54, 1.807) is 12.1 Å². The minimum absolute atomic E-state index is 0.0446. The van der Waals surface area contributed by atoms with Crippen molar-refractivity contribution in [2.75, 3.05) is 13.7 Å². The molecule has 4 aromatic rings. The van der Waals surface area contributed by atoms with Gasteiger partial charge in [-0.15, -0.1) is 0 Å². The molecular weight excluding hydrogens is 433 g/mol. The van der Waals surface area contributed by atoms with Crippen LogP contribution < -0.4 is 10.3 Å². The average Bonchev–Trinajstić information content (AvgIpc) is 3.08. The number of aromatic nitrogens is 1. The van der Waals surface area contributed by atoms with E-state index >= 15 is 0 Å². The molecule has 0 aliphatic rings. The third-order valence-electron chi connectivity index (χ3n) is 4.75. The summed E-state index contributed by atoms with van der Waals surface area (Å²) in [5.74, 6) is 0.0194. The van der Waals surface area contributed by atoms with Crippen molar-refractivity contribution in [3.63, 3.8) is 0 Å². The second-order valence-electron chi connectivity index (χ2n) is 6.53. The maximum absolute atomic E-state index is 13.1. The normalized spacial score (nSPS) is 10.8. The predicted octanol–water partition coefficient (Wildman–Crippen LogP) is 3.57. The zero-order chi connectivity index (χ0) is 20.4. The predicted molar refractivity (Wildman–Crippen MR) is 114 cm³/mol. The van der Waals surface area contributed by atoms with Crippen LogP contribution in [0.4, 0.5) is 0 Å². The van der Waals surface area contributed by atoms with Crippen LogP contribution in [0.2, 0.25) is 0 Å². The molecule has 0 radical (unpaired) electrons. The first-order valence-corrected chi connectivity index (χ1v) is 10.7. The molecular formula is C23H19NO4Se. The molecule has 0 amide bonds. The van der Waals surface area contributed by atoms with Gasteiger partial charge in [0.25, 0.3) is 0 Å². The molecule has 0 saturated heterocycles. The van der Waals surface area contributed by atoms with Crippen molar-refractivity contribution < 1.29 is 14.3 Å². The number of carbonyl (C=O) groups is 1. The van der Waals surface area contributed by atoms with Gasteiger partial charge in [0.15, 0.2) is 0 Å². The maximum atomic E-state index is 13.1. The van der Waals surface area contributed by atoms with E-state index < -0.39 is 5.97 Å². The summed E-state index contributed by atoms with van der Waals surface area (Å²) in [5.41, 5.74) is 4.19. The zero-order valence-corrected chi connectivity index (χ0v) is 17.8. The Kier molecular flexibility index (Phi) is 5.38. The Balaban J connectivity index is 1.76. The molecule has 0 N–H and O–H groups in total. The SMILES string of the molecule is COC(=O)COc1ccc2[se]n(-c3cccc(-c4ccccc4)c3C)c(=O)c2c1. The summed E-state index contributed by atoms with van der Waals surface area (Å²) in [6.45, 7) is 1.87. The van der Waals surface area contributed by atoms with Crippen LogP contribution in [-0.2, 0) is 9.53 Å². The Morgan fingerprint density at radius 1 is 1.03 bits per heavy atom. The molecule has 29 heavy (non-hydrogen) atoms. The number of methoxy groups -OCH3 is 1.